The van der Waals surface area contributed by atoms with Crippen LogP contribution >= 0.6 is 0 Å². The van der Waals surface area contributed by atoms with Gasteiger partial charge in [0.15, 0.2) is 5.82 Å². The minimum absolute atomic E-state index is 0.110. The van der Waals surface area contributed by atoms with Gasteiger partial charge in [-0.05, 0) is 30.9 Å². The number of ether oxygens (including phenoxy) is 1. The Kier molecular flexibility index (Phi) is 4.63. The van der Waals surface area contributed by atoms with E-state index in [0.717, 1.165) is 44.9 Å². The molecular formula is C17H20FN3O. The summed E-state index contributed by atoms with van der Waals surface area (Å²) in [4.78, 5) is 10.1. The first-order valence-electron chi connectivity index (χ1n) is 7.62. The third-order valence-electron chi connectivity index (χ3n) is 4.06. The number of nitrogens with zero attached hydrogens (tertiary/aromatic N) is 3. The van der Waals surface area contributed by atoms with E-state index in [1.54, 1.807) is 0 Å². The van der Waals surface area contributed by atoms with Gasteiger partial charge in [0.1, 0.15) is 6.10 Å². The molecular weight excluding hydrogens is 281 g/mol. The van der Waals surface area contributed by atoms with Crippen LogP contribution in [0.3, 0.4) is 0 Å². The van der Waals surface area contributed by atoms with Crippen LogP contribution in [0.15, 0.2) is 36.7 Å². The molecule has 1 aromatic carbocycles. The monoisotopic (exact) mass is 301 g/mol. The van der Waals surface area contributed by atoms with Gasteiger partial charge in [-0.2, -0.15) is 0 Å². The molecule has 0 spiro atoms. The molecule has 0 saturated carbocycles. The molecule has 0 atom stereocenters. The molecule has 1 aliphatic rings. The number of hydrogen-bond acceptors (Lipinski definition) is 4. The van der Waals surface area contributed by atoms with E-state index >= 15 is 0 Å². The van der Waals surface area contributed by atoms with Crippen LogP contribution in [-0.4, -0.2) is 34.1 Å². The third-order valence-corrected chi connectivity index (χ3v) is 4.06. The van der Waals surface area contributed by atoms with Crippen LogP contribution in [0, 0.1) is 12.7 Å². The van der Waals surface area contributed by atoms with Crippen LogP contribution in [0.25, 0.3) is 0 Å². The Morgan fingerprint density at radius 2 is 1.86 bits per heavy atom. The molecule has 0 radical (unpaired) electrons. The molecule has 4 nitrogen and oxygen atoms in total. The lowest BCUT2D eigenvalue weighted by molar-refractivity contribution is 0.0889. The van der Waals surface area contributed by atoms with E-state index in [2.05, 4.69) is 46.1 Å². The molecule has 3 rings (SSSR count). The second-order valence-electron chi connectivity index (χ2n) is 5.70. The molecule has 0 amide bonds. The lowest BCUT2D eigenvalue weighted by Crippen LogP contribution is -2.38. The maximum Gasteiger partial charge on any atom is 0.316 e. The van der Waals surface area contributed by atoms with Crippen molar-refractivity contribution in [3.05, 3.63) is 53.6 Å². The Labute approximate surface area is 130 Å². The highest BCUT2D eigenvalue weighted by atomic mass is 19.1. The van der Waals surface area contributed by atoms with E-state index in [1.807, 2.05) is 0 Å². The van der Waals surface area contributed by atoms with E-state index in [4.69, 9.17) is 4.74 Å². The van der Waals surface area contributed by atoms with Crippen LogP contribution in [0.5, 0.6) is 6.01 Å². The fourth-order valence-electron chi connectivity index (χ4n) is 2.72. The highest BCUT2D eigenvalue weighted by Crippen LogP contribution is 2.18. The number of benzene rings is 1. The van der Waals surface area contributed by atoms with Crippen molar-refractivity contribution >= 4 is 0 Å². The molecule has 22 heavy (non-hydrogen) atoms. The summed E-state index contributed by atoms with van der Waals surface area (Å²) >= 11 is 0. The van der Waals surface area contributed by atoms with Gasteiger partial charge in [0, 0.05) is 19.6 Å². The number of halogens is 1. The van der Waals surface area contributed by atoms with E-state index in [-0.39, 0.29) is 12.1 Å². The van der Waals surface area contributed by atoms with Gasteiger partial charge in [-0.3, -0.25) is 4.90 Å². The van der Waals surface area contributed by atoms with Gasteiger partial charge < -0.3 is 4.74 Å². The van der Waals surface area contributed by atoms with Crippen molar-refractivity contribution in [3.8, 4) is 6.01 Å². The van der Waals surface area contributed by atoms with Gasteiger partial charge in [-0.25, -0.2) is 14.4 Å². The lowest BCUT2D eigenvalue weighted by Gasteiger charge is -2.31. The van der Waals surface area contributed by atoms with Crippen LogP contribution in [0.4, 0.5) is 4.39 Å². The number of rotatable bonds is 4. The third kappa shape index (κ3) is 3.80. The topological polar surface area (TPSA) is 38.2 Å². The molecule has 2 heterocycles. The van der Waals surface area contributed by atoms with Gasteiger partial charge in [0.05, 0.1) is 12.4 Å². The van der Waals surface area contributed by atoms with Gasteiger partial charge in [0.2, 0.25) is 0 Å². The predicted molar refractivity (Wildman–Crippen MR) is 82.1 cm³/mol. The Morgan fingerprint density at radius 3 is 2.55 bits per heavy atom. The second-order valence-corrected chi connectivity index (χ2v) is 5.70. The molecule has 0 unspecified atom stereocenters. The molecule has 1 aliphatic heterocycles. The molecule has 1 saturated heterocycles. The van der Waals surface area contributed by atoms with Gasteiger partial charge in [-0.1, -0.05) is 24.3 Å². The van der Waals surface area contributed by atoms with E-state index in [0.29, 0.717) is 0 Å². The Balaban J connectivity index is 1.50. The maximum absolute atomic E-state index is 12.8. The highest BCUT2D eigenvalue weighted by molar-refractivity contribution is 5.25. The summed E-state index contributed by atoms with van der Waals surface area (Å²) in [5, 5.41) is 0. The number of piperidine rings is 1. The number of aryl methyl sites for hydroxylation is 1. The minimum Gasteiger partial charge on any atom is -0.460 e. The number of likely N-dealkylation sites (tertiary alicyclic amines) is 1. The fraction of sp³-hybridized carbons (Fsp3) is 0.412. The lowest BCUT2D eigenvalue weighted by atomic mass is 10.0. The zero-order valence-corrected chi connectivity index (χ0v) is 12.7. The molecule has 0 N–H and O–H groups in total. The average Bonchev–Trinajstić information content (AvgIpc) is 2.54. The van der Waals surface area contributed by atoms with Crippen molar-refractivity contribution < 1.29 is 9.13 Å². The summed E-state index contributed by atoms with van der Waals surface area (Å²) in [7, 11) is 0. The average molecular weight is 301 g/mol. The largest absolute Gasteiger partial charge is 0.460 e. The van der Waals surface area contributed by atoms with Crippen LogP contribution in [0.1, 0.15) is 24.0 Å². The van der Waals surface area contributed by atoms with E-state index in [1.165, 1.54) is 11.1 Å². The van der Waals surface area contributed by atoms with Crippen LogP contribution in [0.2, 0.25) is 0 Å². The molecule has 2 aromatic rings. The normalized spacial score (nSPS) is 16.6. The predicted octanol–water partition coefficient (Wildman–Crippen LogP) is 2.97. The van der Waals surface area contributed by atoms with Crippen molar-refractivity contribution in [2.45, 2.75) is 32.4 Å². The summed E-state index contributed by atoms with van der Waals surface area (Å²) in [6.45, 7) is 5.10. The van der Waals surface area contributed by atoms with Crippen molar-refractivity contribution in [2.24, 2.45) is 0 Å². The highest BCUT2D eigenvalue weighted by Gasteiger charge is 2.21. The summed E-state index contributed by atoms with van der Waals surface area (Å²) in [5.74, 6) is -0.444. The smallest absolute Gasteiger partial charge is 0.316 e. The van der Waals surface area contributed by atoms with Gasteiger partial charge in [-0.15, -0.1) is 0 Å². The Bertz CT molecular complexity index is 610. The second kappa shape index (κ2) is 6.83. The Morgan fingerprint density at radius 1 is 1.18 bits per heavy atom. The molecule has 0 aliphatic carbocycles. The summed E-state index contributed by atoms with van der Waals surface area (Å²) in [5.41, 5.74) is 2.71. The number of aromatic nitrogens is 2. The zero-order valence-electron chi connectivity index (χ0n) is 12.7. The van der Waals surface area contributed by atoms with Crippen molar-refractivity contribution in [3.63, 3.8) is 0 Å². The van der Waals surface area contributed by atoms with Crippen molar-refractivity contribution in [1.82, 2.24) is 14.9 Å². The summed E-state index contributed by atoms with van der Waals surface area (Å²) in [6.07, 6.45) is 4.25. The molecule has 1 aromatic heterocycles. The maximum atomic E-state index is 12.8. The van der Waals surface area contributed by atoms with Crippen LogP contribution in [-0.2, 0) is 6.54 Å². The Hall–Kier alpha value is -2.01. The first kappa shape index (κ1) is 14.9. The minimum atomic E-state index is -0.444. The summed E-state index contributed by atoms with van der Waals surface area (Å²) in [6, 6.07) is 8.76. The fourth-order valence-corrected chi connectivity index (χ4v) is 2.72. The summed E-state index contributed by atoms with van der Waals surface area (Å²) < 4.78 is 18.5. The van der Waals surface area contributed by atoms with Gasteiger partial charge >= 0.3 is 6.01 Å². The quantitative estimate of drug-likeness (QED) is 0.870. The molecule has 116 valence electrons. The van der Waals surface area contributed by atoms with Crippen molar-refractivity contribution in [2.75, 3.05) is 13.1 Å². The van der Waals surface area contributed by atoms with E-state index in [9.17, 15) is 4.39 Å². The number of hydrogen-bond donors (Lipinski definition) is 0. The first-order valence-corrected chi connectivity index (χ1v) is 7.62. The SMILES string of the molecule is Cc1ccccc1CN1CCC(Oc2ncc(F)cn2)CC1. The van der Waals surface area contributed by atoms with Crippen LogP contribution < -0.4 is 4.74 Å². The zero-order chi connectivity index (χ0) is 15.4. The van der Waals surface area contributed by atoms with Crippen molar-refractivity contribution in [1.29, 1.82) is 0 Å². The standard InChI is InChI=1S/C17H20FN3O/c1-13-4-2-3-5-14(13)12-21-8-6-16(7-9-21)22-17-19-10-15(18)11-20-17/h2-5,10-11,16H,6-9,12H2,1H3. The van der Waals surface area contributed by atoms with E-state index < -0.39 is 5.82 Å². The molecule has 0 bridgehead atoms. The first-order chi connectivity index (χ1) is 10.7. The van der Waals surface area contributed by atoms with Gasteiger partial charge in [0.25, 0.3) is 0 Å². The molecule has 5 heteroatoms. The molecule has 1 fully saturated rings.